The first kappa shape index (κ1) is 21.1. The fourth-order valence-electron chi connectivity index (χ4n) is 4.87. The van der Waals surface area contributed by atoms with E-state index in [4.69, 9.17) is 4.74 Å². The molecule has 4 aromatic rings. The zero-order valence-corrected chi connectivity index (χ0v) is 19.7. The molecule has 0 atom stereocenters. The number of nitrogens with zero attached hydrogens (tertiary/aromatic N) is 1. The smallest absolute Gasteiger partial charge is 0.257 e. The van der Waals surface area contributed by atoms with E-state index in [2.05, 4.69) is 20.9 Å². The number of fused-ring (bicyclic) bond motifs is 1. The van der Waals surface area contributed by atoms with Gasteiger partial charge in [-0.2, -0.15) is 0 Å². The number of aromatic nitrogens is 1. The average molecular weight is 471 g/mol. The van der Waals surface area contributed by atoms with Crippen LogP contribution < -0.4 is 16.0 Å². The Labute approximate surface area is 202 Å². The van der Waals surface area contributed by atoms with Crippen molar-refractivity contribution in [2.45, 2.75) is 25.8 Å². The zero-order chi connectivity index (χ0) is 23.1. The maximum atomic E-state index is 13.3. The molecule has 1 saturated heterocycles. The number of carbonyl (C=O) groups is 1. The van der Waals surface area contributed by atoms with Gasteiger partial charge in [0.1, 0.15) is 0 Å². The third kappa shape index (κ3) is 3.91. The Kier molecular flexibility index (Phi) is 5.23. The maximum Gasteiger partial charge on any atom is 0.257 e. The van der Waals surface area contributed by atoms with E-state index in [1.54, 1.807) is 11.3 Å². The number of anilines is 4. The van der Waals surface area contributed by atoms with Crippen LogP contribution in [0.5, 0.6) is 0 Å². The van der Waals surface area contributed by atoms with Crippen LogP contribution in [0, 0.1) is 12.3 Å². The molecule has 0 unspecified atom stereocenters. The van der Waals surface area contributed by atoms with Crippen LogP contribution in [0.3, 0.4) is 0 Å². The largest absolute Gasteiger partial charge is 0.381 e. The molecule has 0 radical (unpaired) electrons. The van der Waals surface area contributed by atoms with Crippen molar-refractivity contribution in [3.05, 3.63) is 77.3 Å². The van der Waals surface area contributed by atoms with Crippen molar-refractivity contribution in [3.8, 4) is 0 Å². The molecule has 2 aliphatic rings. The number of thiophene rings is 1. The molecule has 34 heavy (non-hydrogen) atoms. The zero-order valence-electron chi connectivity index (χ0n) is 18.9. The number of rotatable bonds is 6. The van der Waals surface area contributed by atoms with Crippen LogP contribution in [0.2, 0.25) is 0 Å². The minimum absolute atomic E-state index is 0.140. The summed E-state index contributed by atoms with van der Waals surface area (Å²) in [5.41, 5.74) is 4.67. The Morgan fingerprint density at radius 1 is 1.09 bits per heavy atom. The van der Waals surface area contributed by atoms with Gasteiger partial charge in [0.2, 0.25) is 0 Å². The summed E-state index contributed by atoms with van der Waals surface area (Å²) in [5, 5.41) is 13.0. The topological polar surface area (TPSA) is 75.3 Å². The standard InChI is InChI=1S/C27H26N4O2S/c1-17-6-2-4-8-22(17)30-25-23(31-26(32)21-14-34-24-9-5-3-7-20(21)24)10-18(13-28-25)29-19-11-27(12-19)15-33-16-27/h2-10,13-14,19,29H,11-12,15-16H2,1H3,(H,28,30)(H,31,32). The van der Waals surface area contributed by atoms with E-state index < -0.39 is 0 Å². The molecule has 2 fully saturated rings. The summed E-state index contributed by atoms with van der Waals surface area (Å²) in [4.78, 5) is 18.0. The van der Waals surface area contributed by atoms with Gasteiger partial charge in [-0.3, -0.25) is 4.79 Å². The van der Waals surface area contributed by atoms with Crippen LogP contribution in [-0.4, -0.2) is 30.1 Å². The van der Waals surface area contributed by atoms with E-state index in [-0.39, 0.29) is 5.91 Å². The van der Waals surface area contributed by atoms with Gasteiger partial charge in [-0.1, -0.05) is 36.4 Å². The highest BCUT2D eigenvalue weighted by Gasteiger charge is 2.49. The van der Waals surface area contributed by atoms with Crippen molar-refractivity contribution >= 4 is 50.2 Å². The summed E-state index contributed by atoms with van der Waals surface area (Å²) in [6.45, 7) is 3.79. The summed E-state index contributed by atoms with van der Waals surface area (Å²) in [7, 11) is 0. The Morgan fingerprint density at radius 3 is 2.68 bits per heavy atom. The second-order valence-corrected chi connectivity index (χ2v) is 10.3. The van der Waals surface area contributed by atoms with Crippen LogP contribution in [0.4, 0.5) is 22.9 Å². The molecule has 2 aromatic heterocycles. The van der Waals surface area contributed by atoms with Gasteiger partial charge in [0.15, 0.2) is 5.82 Å². The number of carbonyl (C=O) groups excluding carboxylic acids is 1. The Hall–Kier alpha value is -3.42. The van der Waals surface area contributed by atoms with Gasteiger partial charge in [0.25, 0.3) is 5.91 Å². The quantitative estimate of drug-likeness (QED) is 0.313. The first-order valence-corrected chi connectivity index (χ1v) is 12.4. The molecule has 3 heterocycles. The third-order valence-electron chi connectivity index (χ3n) is 6.81. The van der Waals surface area contributed by atoms with Gasteiger partial charge in [-0.05, 0) is 43.5 Å². The molecule has 6 nitrogen and oxygen atoms in total. The normalized spacial score (nSPS) is 16.6. The fourth-order valence-corrected chi connectivity index (χ4v) is 5.81. The second kappa shape index (κ2) is 8.42. The van der Waals surface area contributed by atoms with Gasteiger partial charge in [0, 0.05) is 32.6 Å². The first-order valence-electron chi connectivity index (χ1n) is 11.5. The molecular weight excluding hydrogens is 444 g/mol. The van der Waals surface area contributed by atoms with E-state index in [1.807, 2.05) is 73.1 Å². The molecule has 7 heteroatoms. The van der Waals surface area contributed by atoms with Gasteiger partial charge < -0.3 is 20.7 Å². The number of hydrogen-bond donors (Lipinski definition) is 3. The lowest BCUT2D eigenvalue weighted by atomic mass is 9.64. The predicted octanol–water partition coefficient (Wildman–Crippen LogP) is 6.19. The lowest BCUT2D eigenvalue weighted by molar-refractivity contribution is -0.159. The highest BCUT2D eigenvalue weighted by atomic mass is 32.1. The molecule has 1 spiro atoms. The number of benzene rings is 2. The SMILES string of the molecule is Cc1ccccc1Nc1ncc(NC2CC3(COC3)C2)cc1NC(=O)c1csc2ccccc12. The van der Waals surface area contributed by atoms with E-state index in [9.17, 15) is 4.79 Å². The van der Waals surface area contributed by atoms with Crippen LogP contribution in [0.15, 0.2) is 66.2 Å². The van der Waals surface area contributed by atoms with E-state index in [1.165, 1.54) is 0 Å². The highest BCUT2D eigenvalue weighted by Crippen LogP contribution is 2.48. The minimum atomic E-state index is -0.140. The monoisotopic (exact) mass is 470 g/mol. The molecular formula is C27H26N4O2S. The van der Waals surface area contributed by atoms with Gasteiger partial charge in [-0.25, -0.2) is 4.98 Å². The molecule has 3 N–H and O–H groups in total. The number of aryl methyl sites for hydroxylation is 1. The van der Waals surface area contributed by atoms with Crippen molar-refractivity contribution in [3.63, 3.8) is 0 Å². The average Bonchev–Trinajstić information content (AvgIpc) is 3.22. The lowest BCUT2D eigenvalue weighted by Crippen LogP contribution is -2.56. The van der Waals surface area contributed by atoms with E-state index >= 15 is 0 Å². The van der Waals surface area contributed by atoms with Gasteiger partial charge >= 0.3 is 0 Å². The summed E-state index contributed by atoms with van der Waals surface area (Å²) < 4.78 is 6.49. The second-order valence-electron chi connectivity index (χ2n) is 9.40. The van der Waals surface area contributed by atoms with Crippen LogP contribution >= 0.6 is 11.3 Å². The molecule has 1 aliphatic heterocycles. The number of hydrogen-bond acceptors (Lipinski definition) is 6. The van der Waals surface area contributed by atoms with Crippen molar-refractivity contribution in [2.75, 3.05) is 29.2 Å². The van der Waals surface area contributed by atoms with Crippen LogP contribution in [-0.2, 0) is 4.74 Å². The summed E-state index contributed by atoms with van der Waals surface area (Å²) in [6.07, 6.45) is 4.05. The van der Waals surface area contributed by atoms with Crippen molar-refractivity contribution < 1.29 is 9.53 Å². The first-order chi connectivity index (χ1) is 16.6. The molecule has 1 aliphatic carbocycles. The molecule has 0 bridgehead atoms. The fraction of sp³-hybridized carbons (Fsp3) is 0.259. The summed E-state index contributed by atoms with van der Waals surface area (Å²) in [5.74, 6) is 0.476. The summed E-state index contributed by atoms with van der Waals surface area (Å²) >= 11 is 1.58. The predicted molar refractivity (Wildman–Crippen MR) is 138 cm³/mol. The van der Waals surface area contributed by atoms with E-state index in [0.29, 0.717) is 28.5 Å². The van der Waals surface area contributed by atoms with Crippen molar-refractivity contribution in [2.24, 2.45) is 5.41 Å². The Bertz CT molecular complexity index is 1370. The Morgan fingerprint density at radius 2 is 1.88 bits per heavy atom. The third-order valence-corrected chi connectivity index (χ3v) is 7.77. The number of ether oxygens (including phenoxy) is 1. The van der Waals surface area contributed by atoms with Crippen LogP contribution in [0.1, 0.15) is 28.8 Å². The number of nitrogens with one attached hydrogen (secondary N) is 3. The van der Waals surface area contributed by atoms with Crippen LogP contribution in [0.25, 0.3) is 10.1 Å². The molecule has 1 saturated carbocycles. The Balaban J connectivity index is 1.28. The van der Waals surface area contributed by atoms with Gasteiger partial charge in [-0.15, -0.1) is 11.3 Å². The molecule has 2 aromatic carbocycles. The molecule has 172 valence electrons. The molecule has 1 amide bonds. The number of para-hydroxylation sites is 1. The van der Waals surface area contributed by atoms with E-state index in [0.717, 1.165) is 53.1 Å². The number of amides is 1. The van der Waals surface area contributed by atoms with Gasteiger partial charge in [0.05, 0.1) is 36.3 Å². The van der Waals surface area contributed by atoms with Crippen molar-refractivity contribution in [1.82, 2.24) is 4.98 Å². The van der Waals surface area contributed by atoms with Crippen molar-refractivity contribution in [1.29, 1.82) is 0 Å². The minimum Gasteiger partial charge on any atom is -0.381 e. The number of pyridine rings is 1. The maximum absolute atomic E-state index is 13.3. The lowest BCUT2D eigenvalue weighted by Gasteiger charge is -2.53. The highest BCUT2D eigenvalue weighted by molar-refractivity contribution is 7.17. The molecule has 6 rings (SSSR count). The summed E-state index contributed by atoms with van der Waals surface area (Å²) in [6, 6.07) is 18.4.